The van der Waals surface area contributed by atoms with Crippen molar-refractivity contribution in [1.29, 1.82) is 0 Å². The van der Waals surface area contributed by atoms with E-state index in [1.165, 1.54) is 12.8 Å². The molecule has 8 N–H and O–H groups in total. The molecular formula is C28H31N5O4. The van der Waals surface area contributed by atoms with E-state index in [1.807, 2.05) is 6.07 Å². The topological polar surface area (TPSA) is 157 Å². The third kappa shape index (κ3) is 2.47. The third-order valence-electron chi connectivity index (χ3n) is 10.3. The van der Waals surface area contributed by atoms with E-state index in [1.54, 1.807) is 24.3 Å². The highest BCUT2D eigenvalue weighted by Gasteiger charge is 2.88. The van der Waals surface area contributed by atoms with Crippen LogP contribution in [0, 0.1) is 5.92 Å². The van der Waals surface area contributed by atoms with Gasteiger partial charge in [0.25, 0.3) is 11.8 Å². The minimum atomic E-state index is -0.994. The fourth-order valence-electron chi connectivity index (χ4n) is 8.70. The Bertz CT molecular complexity index is 1420. The number of hydrogen-bond acceptors (Lipinski definition) is 7. The Morgan fingerprint density at radius 2 is 1.95 bits per heavy atom. The first-order valence-electron chi connectivity index (χ1n) is 13.3. The first-order chi connectivity index (χ1) is 17.7. The van der Waals surface area contributed by atoms with Crippen LogP contribution in [0.2, 0.25) is 0 Å². The number of nitrogens with two attached hydrogens (primary N) is 3. The van der Waals surface area contributed by atoms with Crippen molar-refractivity contribution >= 4 is 23.2 Å². The number of fused-ring (bicyclic) bond motifs is 1. The van der Waals surface area contributed by atoms with Gasteiger partial charge in [0.05, 0.1) is 40.0 Å². The van der Waals surface area contributed by atoms with Gasteiger partial charge < -0.3 is 32.4 Å². The van der Waals surface area contributed by atoms with Crippen LogP contribution < -0.4 is 27.3 Å². The molecule has 0 radical (unpaired) electrons. The highest BCUT2D eigenvalue weighted by atomic mass is 16.5. The number of hydrogen-bond donors (Lipinski definition) is 5. The number of aliphatic hydroxyl groups is 1. The molecule has 4 aliphatic carbocycles. The summed E-state index contributed by atoms with van der Waals surface area (Å²) in [5.41, 5.74) is 19.4. The molecule has 2 aromatic carbocycles. The van der Waals surface area contributed by atoms with E-state index in [9.17, 15) is 14.7 Å². The number of anilines is 2. The summed E-state index contributed by atoms with van der Waals surface area (Å²) in [6, 6.07) is 8.34. The second kappa shape index (κ2) is 6.57. The molecule has 192 valence electrons. The van der Waals surface area contributed by atoms with E-state index in [0.717, 1.165) is 36.4 Å². The molecule has 2 aromatic rings. The van der Waals surface area contributed by atoms with Gasteiger partial charge in [0.2, 0.25) is 0 Å². The Balaban J connectivity index is 1.22. The Hall–Kier alpha value is -3.30. The summed E-state index contributed by atoms with van der Waals surface area (Å²) < 4.78 is 6.63. The number of piperidine rings is 1. The summed E-state index contributed by atoms with van der Waals surface area (Å²) in [5, 5.41) is 15.8. The molecule has 2 heterocycles. The summed E-state index contributed by atoms with van der Waals surface area (Å²) >= 11 is 0. The van der Waals surface area contributed by atoms with Gasteiger partial charge in [0.15, 0.2) is 0 Å². The minimum Gasteiger partial charge on any atom is -0.486 e. The van der Waals surface area contributed by atoms with Crippen molar-refractivity contribution in [2.24, 2.45) is 11.7 Å². The van der Waals surface area contributed by atoms with Crippen LogP contribution in [0.5, 0.6) is 5.75 Å². The largest absolute Gasteiger partial charge is 0.486 e. The monoisotopic (exact) mass is 501 g/mol. The van der Waals surface area contributed by atoms with Crippen LogP contribution in [0.4, 0.5) is 11.4 Å². The van der Waals surface area contributed by atoms with E-state index >= 15 is 0 Å². The lowest BCUT2D eigenvalue weighted by atomic mass is 9.56. The lowest BCUT2D eigenvalue weighted by Gasteiger charge is -2.53. The maximum atomic E-state index is 13.3. The molecule has 9 heteroatoms. The number of rotatable bonds is 5. The van der Waals surface area contributed by atoms with Crippen LogP contribution in [0.3, 0.4) is 0 Å². The summed E-state index contributed by atoms with van der Waals surface area (Å²) in [5.74, 6) is 0.411. The molecule has 2 amide bonds. The summed E-state index contributed by atoms with van der Waals surface area (Å²) in [6.45, 7) is 1.04. The maximum absolute atomic E-state index is 13.3. The summed E-state index contributed by atoms with van der Waals surface area (Å²) in [7, 11) is 0. The van der Waals surface area contributed by atoms with Crippen molar-refractivity contribution in [3.8, 4) is 5.75 Å². The van der Waals surface area contributed by atoms with Gasteiger partial charge >= 0.3 is 0 Å². The molecule has 1 saturated heterocycles. The van der Waals surface area contributed by atoms with Gasteiger partial charge in [-0.05, 0) is 74.3 Å². The number of carbonyl (C=O) groups excluding carboxylic acids is 2. The predicted octanol–water partition coefficient (Wildman–Crippen LogP) is 1.07. The van der Waals surface area contributed by atoms with Crippen molar-refractivity contribution in [2.45, 2.75) is 73.3 Å². The molecule has 9 nitrogen and oxygen atoms in total. The number of benzene rings is 2. The zero-order valence-corrected chi connectivity index (χ0v) is 20.5. The van der Waals surface area contributed by atoms with Crippen LogP contribution in [-0.2, 0) is 11.8 Å². The lowest BCUT2D eigenvalue weighted by molar-refractivity contribution is -0.116. The number of nitrogen functional groups attached to an aromatic ring is 2. The van der Waals surface area contributed by atoms with E-state index in [4.69, 9.17) is 21.9 Å². The molecular weight excluding hydrogens is 470 g/mol. The highest BCUT2D eigenvalue weighted by Crippen LogP contribution is 2.76. The number of carbonyl (C=O) groups is 2. The molecule has 6 unspecified atom stereocenters. The molecule has 37 heavy (non-hydrogen) atoms. The lowest BCUT2D eigenvalue weighted by Crippen LogP contribution is -2.68. The number of ether oxygens (including phenoxy) is 1. The maximum Gasteiger partial charge on any atom is 0.252 e. The van der Waals surface area contributed by atoms with Gasteiger partial charge in [-0.15, -0.1) is 0 Å². The quantitative estimate of drug-likeness (QED) is 0.303. The second-order valence-corrected chi connectivity index (χ2v) is 12.2. The average Bonchev–Trinajstić information content (AvgIpc) is 3.73. The molecule has 2 spiro atoms. The minimum absolute atomic E-state index is 0.0654. The number of likely N-dealkylation sites (tertiary alicyclic amines) is 1. The van der Waals surface area contributed by atoms with Crippen molar-refractivity contribution in [3.63, 3.8) is 0 Å². The van der Waals surface area contributed by atoms with E-state index in [-0.39, 0.29) is 23.5 Å². The zero-order valence-electron chi connectivity index (χ0n) is 20.5. The van der Waals surface area contributed by atoms with Crippen LogP contribution >= 0.6 is 0 Å². The zero-order chi connectivity index (χ0) is 25.5. The predicted molar refractivity (Wildman–Crippen MR) is 136 cm³/mol. The fourth-order valence-corrected chi connectivity index (χ4v) is 8.70. The van der Waals surface area contributed by atoms with Crippen molar-refractivity contribution < 1.29 is 19.4 Å². The van der Waals surface area contributed by atoms with Crippen LogP contribution in [0.25, 0.3) is 0 Å². The summed E-state index contributed by atoms with van der Waals surface area (Å²) in [6.07, 6.45) is 4.76. The number of nitrogens with zero attached hydrogens (tertiary/aromatic N) is 1. The van der Waals surface area contributed by atoms with Gasteiger partial charge in [-0.25, -0.2) is 0 Å². The highest BCUT2D eigenvalue weighted by molar-refractivity contribution is 5.98. The normalized spacial score (nSPS) is 39.4. The van der Waals surface area contributed by atoms with Gasteiger partial charge in [0, 0.05) is 23.2 Å². The summed E-state index contributed by atoms with van der Waals surface area (Å²) in [4.78, 5) is 28.2. The van der Waals surface area contributed by atoms with E-state index in [2.05, 4.69) is 10.2 Å². The molecule has 2 aliphatic heterocycles. The smallest absolute Gasteiger partial charge is 0.252 e. The average molecular weight is 502 g/mol. The Labute approximate surface area is 214 Å². The Morgan fingerprint density at radius 1 is 1.14 bits per heavy atom. The molecule has 3 saturated carbocycles. The second-order valence-electron chi connectivity index (χ2n) is 12.2. The van der Waals surface area contributed by atoms with Gasteiger partial charge in [0.1, 0.15) is 11.9 Å². The Kier molecular flexibility index (Phi) is 3.87. The van der Waals surface area contributed by atoms with E-state index in [0.29, 0.717) is 41.1 Å². The van der Waals surface area contributed by atoms with Gasteiger partial charge in [-0.1, -0.05) is 6.07 Å². The number of amides is 2. The van der Waals surface area contributed by atoms with Crippen LogP contribution in [0.15, 0.2) is 30.3 Å². The fraction of sp³-hybridized carbons (Fsp3) is 0.500. The molecule has 4 fully saturated rings. The van der Waals surface area contributed by atoms with Crippen molar-refractivity contribution in [2.75, 3.05) is 18.0 Å². The van der Waals surface area contributed by atoms with Crippen molar-refractivity contribution in [1.82, 2.24) is 10.2 Å². The van der Waals surface area contributed by atoms with Gasteiger partial charge in [-0.3, -0.25) is 14.5 Å². The first kappa shape index (κ1) is 21.8. The number of primary amides is 1. The third-order valence-corrected chi connectivity index (χ3v) is 10.3. The van der Waals surface area contributed by atoms with Gasteiger partial charge in [-0.2, -0.15) is 0 Å². The first-order valence-corrected chi connectivity index (χ1v) is 13.3. The molecule has 7 atom stereocenters. The standard InChI is InChI=1S/C28H31N5O4/c29-17-6-4-14(9-18(17)30)24(35)32-19-7-8-28(36)25-26(33(25)11-13-1-2-13)10-15-3-5-16(23(31)34)21-20(15)27(28,12-26)22(19)37-21/h3-6,9,13,19,22,25,36H,1-2,7-8,10-12,29-30H2,(H2,31,34)(H,32,35)/t19?,22?,25?,26?,27-,28?,33?/m0/s1. The van der Waals surface area contributed by atoms with Crippen LogP contribution in [-0.4, -0.2) is 57.7 Å². The molecule has 6 aliphatic rings. The SMILES string of the molecule is NC(=O)c1ccc2c3c1OC1C(NC(=O)c4ccc(N)c(N)c4)CCC4(O)C5N(CC6CC6)C5(C2)C[C@]314. The van der Waals surface area contributed by atoms with E-state index < -0.39 is 23.0 Å². The number of nitrogens with one attached hydrogen (secondary N) is 1. The molecule has 8 rings (SSSR count). The molecule has 2 bridgehead atoms. The molecule has 0 aromatic heterocycles. The van der Waals surface area contributed by atoms with Crippen molar-refractivity contribution in [3.05, 3.63) is 52.6 Å². The van der Waals surface area contributed by atoms with Crippen LogP contribution in [0.1, 0.15) is 63.9 Å². The Morgan fingerprint density at radius 3 is 2.68 bits per heavy atom.